The van der Waals surface area contributed by atoms with Gasteiger partial charge in [0.15, 0.2) is 5.79 Å². The Hall–Kier alpha value is -0.770. The summed E-state index contributed by atoms with van der Waals surface area (Å²) in [4.78, 5) is 12.0. The molecule has 23 heavy (non-hydrogen) atoms. The van der Waals surface area contributed by atoms with E-state index in [1.807, 2.05) is 0 Å². The lowest BCUT2D eigenvalue weighted by Crippen LogP contribution is -2.61. The molecule has 2 fully saturated rings. The van der Waals surface area contributed by atoms with Crippen LogP contribution in [0.2, 0.25) is 0 Å². The molecule has 0 aromatic heterocycles. The number of methoxy groups -OCH3 is 2. The fraction of sp³-hybridized carbons (Fsp3) is 0.933. The van der Waals surface area contributed by atoms with Gasteiger partial charge in [0.25, 0.3) is 5.79 Å². The highest BCUT2D eigenvalue weighted by Gasteiger charge is 2.55. The normalized spacial score (nSPS) is 41.5. The van der Waals surface area contributed by atoms with Crippen LogP contribution < -0.4 is 0 Å². The molecule has 0 bridgehead atoms. The first-order chi connectivity index (χ1) is 10.7. The van der Waals surface area contributed by atoms with Gasteiger partial charge in [0.05, 0.1) is 25.9 Å². The number of esters is 1. The van der Waals surface area contributed by atoms with E-state index in [9.17, 15) is 15.0 Å². The van der Waals surface area contributed by atoms with Gasteiger partial charge < -0.3 is 33.9 Å². The number of ether oxygens (including phenoxy) is 5. The monoisotopic (exact) mass is 334 g/mol. The Morgan fingerprint density at radius 1 is 1.30 bits per heavy atom. The standard InChI is InChI=1S/C15H26O8/c1-8-9(16)6-15(20-5,13(18)19-4)23-12(8)11(17)10-7-21-14(2,3)22-10/h8-12,16-17H,6-7H2,1-5H3/t8-,9+,10-,11-,12?,15+/m1/s1. The van der Waals surface area contributed by atoms with E-state index in [2.05, 4.69) is 0 Å². The summed E-state index contributed by atoms with van der Waals surface area (Å²) < 4.78 is 26.8. The van der Waals surface area contributed by atoms with Crippen LogP contribution in [0.4, 0.5) is 0 Å². The molecule has 8 nitrogen and oxygen atoms in total. The molecule has 0 radical (unpaired) electrons. The molecule has 2 aliphatic heterocycles. The summed E-state index contributed by atoms with van der Waals surface area (Å²) >= 11 is 0. The van der Waals surface area contributed by atoms with Crippen molar-refractivity contribution >= 4 is 5.97 Å². The van der Waals surface area contributed by atoms with Crippen molar-refractivity contribution in [2.45, 2.75) is 63.2 Å². The van der Waals surface area contributed by atoms with Crippen LogP contribution in [0.5, 0.6) is 0 Å². The second kappa shape index (κ2) is 6.62. The van der Waals surface area contributed by atoms with E-state index < -0.39 is 47.9 Å². The Kier molecular flexibility index (Phi) is 5.34. The average molecular weight is 334 g/mol. The molecule has 6 atom stereocenters. The SMILES string of the molecule is COC(=O)[C@]1(OC)C[C@H](O)[C@@H](C)C([C@H](O)[C@H]2COC(C)(C)O2)O1. The molecule has 2 N–H and O–H groups in total. The van der Waals surface area contributed by atoms with Gasteiger partial charge in [-0.25, -0.2) is 4.79 Å². The molecule has 0 spiro atoms. The Morgan fingerprint density at radius 2 is 1.96 bits per heavy atom. The lowest BCUT2D eigenvalue weighted by Gasteiger charge is -2.45. The molecule has 2 rings (SSSR count). The first-order valence-electron chi connectivity index (χ1n) is 7.65. The largest absolute Gasteiger partial charge is 0.465 e. The molecule has 2 heterocycles. The van der Waals surface area contributed by atoms with E-state index in [4.69, 9.17) is 23.7 Å². The molecule has 0 amide bonds. The van der Waals surface area contributed by atoms with E-state index in [1.54, 1.807) is 20.8 Å². The zero-order chi connectivity index (χ0) is 17.4. The van der Waals surface area contributed by atoms with Gasteiger partial charge in [-0.2, -0.15) is 0 Å². The van der Waals surface area contributed by atoms with Crippen molar-refractivity contribution in [2.24, 2.45) is 5.92 Å². The summed E-state index contributed by atoms with van der Waals surface area (Å²) in [6, 6.07) is 0. The number of aliphatic hydroxyl groups is 2. The van der Waals surface area contributed by atoms with Crippen LogP contribution >= 0.6 is 0 Å². The summed E-state index contributed by atoms with van der Waals surface area (Å²) in [6.45, 7) is 5.41. The number of carbonyl (C=O) groups excluding carboxylic acids is 1. The van der Waals surface area contributed by atoms with Crippen molar-refractivity contribution in [2.75, 3.05) is 20.8 Å². The van der Waals surface area contributed by atoms with Gasteiger partial charge in [-0.3, -0.25) is 0 Å². The zero-order valence-corrected chi connectivity index (χ0v) is 14.1. The van der Waals surface area contributed by atoms with E-state index in [0.717, 1.165) is 0 Å². The van der Waals surface area contributed by atoms with Gasteiger partial charge in [0, 0.05) is 19.4 Å². The fourth-order valence-corrected chi connectivity index (χ4v) is 3.03. The summed E-state index contributed by atoms with van der Waals surface area (Å²) in [5.74, 6) is -3.73. The van der Waals surface area contributed by atoms with Gasteiger partial charge in [0.2, 0.25) is 0 Å². The van der Waals surface area contributed by atoms with Crippen molar-refractivity contribution in [3.05, 3.63) is 0 Å². The number of aliphatic hydroxyl groups excluding tert-OH is 2. The maximum atomic E-state index is 12.0. The first kappa shape index (κ1) is 18.6. The molecule has 8 heteroatoms. The van der Waals surface area contributed by atoms with Crippen molar-refractivity contribution < 1.29 is 38.7 Å². The number of hydrogen-bond acceptors (Lipinski definition) is 8. The van der Waals surface area contributed by atoms with Gasteiger partial charge >= 0.3 is 5.97 Å². The maximum absolute atomic E-state index is 12.0. The fourth-order valence-electron chi connectivity index (χ4n) is 3.03. The molecule has 0 saturated carbocycles. The van der Waals surface area contributed by atoms with Crippen molar-refractivity contribution in [3.8, 4) is 0 Å². The summed E-state index contributed by atoms with van der Waals surface area (Å²) in [5.41, 5.74) is 0. The predicted octanol–water partition coefficient (Wildman–Crippen LogP) is -0.200. The zero-order valence-electron chi connectivity index (χ0n) is 14.1. The highest BCUT2D eigenvalue weighted by Crippen LogP contribution is 2.38. The van der Waals surface area contributed by atoms with Crippen LogP contribution in [0.1, 0.15) is 27.2 Å². The van der Waals surface area contributed by atoms with Gasteiger partial charge in [-0.1, -0.05) is 6.92 Å². The van der Waals surface area contributed by atoms with Crippen molar-refractivity contribution in [1.29, 1.82) is 0 Å². The highest BCUT2D eigenvalue weighted by molar-refractivity contribution is 5.78. The van der Waals surface area contributed by atoms with E-state index >= 15 is 0 Å². The van der Waals surface area contributed by atoms with Crippen LogP contribution in [0, 0.1) is 5.92 Å². The molecule has 134 valence electrons. The molecular weight excluding hydrogens is 308 g/mol. The first-order valence-corrected chi connectivity index (χ1v) is 7.65. The van der Waals surface area contributed by atoms with Crippen molar-refractivity contribution in [3.63, 3.8) is 0 Å². The summed E-state index contributed by atoms with van der Waals surface area (Å²) in [5, 5.41) is 20.9. The molecule has 0 aromatic rings. The summed E-state index contributed by atoms with van der Waals surface area (Å²) in [7, 11) is 2.50. The lowest BCUT2D eigenvalue weighted by atomic mass is 9.84. The molecule has 1 unspecified atom stereocenters. The molecule has 2 aliphatic rings. The number of carbonyl (C=O) groups is 1. The highest BCUT2D eigenvalue weighted by atomic mass is 16.8. The molecule has 0 aliphatic carbocycles. The van der Waals surface area contributed by atoms with Crippen molar-refractivity contribution in [1.82, 2.24) is 0 Å². The van der Waals surface area contributed by atoms with Crippen LogP contribution in [0.3, 0.4) is 0 Å². The lowest BCUT2D eigenvalue weighted by molar-refractivity contribution is -0.312. The Bertz CT molecular complexity index is 439. The average Bonchev–Trinajstić information content (AvgIpc) is 2.88. The Morgan fingerprint density at radius 3 is 2.43 bits per heavy atom. The minimum Gasteiger partial charge on any atom is -0.465 e. The predicted molar refractivity (Wildman–Crippen MR) is 77.3 cm³/mol. The van der Waals surface area contributed by atoms with E-state index in [-0.39, 0.29) is 13.0 Å². The quantitative estimate of drug-likeness (QED) is 0.681. The minimum absolute atomic E-state index is 0.0753. The smallest absolute Gasteiger partial charge is 0.366 e. The summed E-state index contributed by atoms with van der Waals surface area (Å²) in [6.07, 6.45) is -3.58. The van der Waals surface area contributed by atoms with Gasteiger partial charge in [-0.05, 0) is 13.8 Å². The maximum Gasteiger partial charge on any atom is 0.366 e. The minimum atomic E-state index is -1.75. The van der Waals surface area contributed by atoms with E-state index in [0.29, 0.717) is 0 Å². The molecule has 0 aromatic carbocycles. The van der Waals surface area contributed by atoms with Crippen LogP contribution in [0.15, 0.2) is 0 Å². The van der Waals surface area contributed by atoms with Gasteiger partial charge in [0.1, 0.15) is 12.2 Å². The number of rotatable bonds is 4. The van der Waals surface area contributed by atoms with Crippen LogP contribution in [0.25, 0.3) is 0 Å². The van der Waals surface area contributed by atoms with Gasteiger partial charge in [-0.15, -0.1) is 0 Å². The topological polar surface area (TPSA) is 104 Å². The third-order valence-corrected chi connectivity index (χ3v) is 4.50. The molecule has 2 saturated heterocycles. The third-order valence-electron chi connectivity index (χ3n) is 4.50. The van der Waals surface area contributed by atoms with Crippen LogP contribution in [-0.2, 0) is 28.5 Å². The number of hydrogen-bond donors (Lipinski definition) is 2. The Labute approximate surface area is 135 Å². The van der Waals surface area contributed by atoms with Crippen LogP contribution in [-0.4, -0.2) is 73.0 Å². The molecular formula is C15H26O8. The second-order valence-electron chi connectivity index (χ2n) is 6.52. The Balaban J connectivity index is 2.20. The second-order valence-corrected chi connectivity index (χ2v) is 6.52. The van der Waals surface area contributed by atoms with E-state index in [1.165, 1.54) is 14.2 Å². The third kappa shape index (κ3) is 3.52.